The monoisotopic (exact) mass is 524 g/mol. The van der Waals surface area contributed by atoms with Crippen molar-refractivity contribution in [2.75, 3.05) is 50.1 Å². The molecule has 0 radical (unpaired) electrons. The number of carbonyl (C=O) groups is 1. The molecule has 1 N–H and O–H groups in total. The van der Waals surface area contributed by atoms with Crippen LogP contribution in [0.2, 0.25) is 5.02 Å². The molecular weight excluding hydrogens is 501 g/mol. The number of alkyl halides is 3. The summed E-state index contributed by atoms with van der Waals surface area (Å²) >= 11 is 5.94. The Balaban J connectivity index is 1.39. The topological polar surface area (TPSA) is 92.7 Å². The minimum Gasteiger partial charge on any atom is -0.482 e. The van der Waals surface area contributed by atoms with Crippen LogP contribution in [-0.2, 0) is 4.79 Å². The van der Waals surface area contributed by atoms with E-state index >= 15 is 0 Å². The summed E-state index contributed by atoms with van der Waals surface area (Å²) in [7, 11) is 2.09. The summed E-state index contributed by atoms with van der Waals surface area (Å²) in [5.41, 5.74) is 1.68. The first-order valence-electron chi connectivity index (χ1n) is 11.1. The summed E-state index contributed by atoms with van der Waals surface area (Å²) in [4.78, 5) is 30.4. The lowest BCUT2D eigenvalue weighted by atomic mass is 10.2. The number of ether oxygens (including phenoxy) is 2. The highest BCUT2D eigenvalue weighted by molar-refractivity contribution is 6.32. The van der Waals surface area contributed by atoms with Gasteiger partial charge in [-0.1, -0.05) is 11.6 Å². The molecule has 3 aromatic rings. The second-order valence-corrected chi connectivity index (χ2v) is 8.73. The molecule has 3 heterocycles. The third-order valence-corrected chi connectivity index (χ3v) is 5.81. The second kappa shape index (κ2) is 10.7. The molecule has 1 aliphatic rings. The number of amides is 1. The molecule has 9 nitrogen and oxygen atoms in total. The van der Waals surface area contributed by atoms with Crippen LogP contribution in [-0.4, -0.2) is 72.0 Å². The van der Waals surface area contributed by atoms with Gasteiger partial charge in [-0.05, 0) is 45.1 Å². The summed E-state index contributed by atoms with van der Waals surface area (Å²) in [6.45, 7) is 5.09. The summed E-state index contributed by atoms with van der Waals surface area (Å²) in [6.07, 6.45) is -2.33. The Morgan fingerprint density at radius 3 is 2.72 bits per heavy atom. The van der Waals surface area contributed by atoms with E-state index in [2.05, 4.69) is 41.9 Å². The van der Waals surface area contributed by atoms with Gasteiger partial charge in [0.05, 0.1) is 22.6 Å². The molecule has 2 aromatic heterocycles. The number of likely N-dealkylation sites (N-methyl/N-ethyl adjacent to an activating group) is 1. The van der Waals surface area contributed by atoms with Gasteiger partial charge in [0.1, 0.15) is 11.5 Å². The lowest BCUT2D eigenvalue weighted by Gasteiger charge is -2.21. The van der Waals surface area contributed by atoms with E-state index in [4.69, 9.17) is 16.3 Å². The van der Waals surface area contributed by atoms with E-state index < -0.39 is 24.6 Å². The highest BCUT2D eigenvalue weighted by Crippen LogP contribution is 2.31. The number of nitrogens with one attached hydrogen (secondary N) is 1. The Morgan fingerprint density at radius 1 is 1.17 bits per heavy atom. The number of fused-ring (bicyclic) bond motifs is 1. The van der Waals surface area contributed by atoms with E-state index in [0.29, 0.717) is 22.7 Å². The van der Waals surface area contributed by atoms with Gasteiger partial charge in [0.15, 0.2) is 12.3 Å². The third kappa shape index (κ3) is 6.64. The van der Waals surface area contributed by atoms with E-state index in [1.807, 2.05) is 6.92 Å². The van der Waals surface area contributed by atoms with E-state index in [1.165, 1.54) is 12.3 Å². The minimum absolute atomic E-state index is 0.0365. The van der Waals surface area contributed by atoms with Crippen LogP contribution in [0, 0.1) is 6.92 Å². The fraction of sp³-hybridized carbons (Fsp3) is 0.391. The van der Waals surface area contributed by atoms with Crippen LogP contribution >= 0.6 is 11.6 Å². The highest BCUT2D eigenvalue weighted by Gasteiger charge is 2.31. The number of nitrogens with zero attached hydrogens (tertiary/aromatic N) is 5. The number of anilines is 2. The average molecular weight is 525 g/mol. The van der Waals surface area contributed by atoms with E-state index in [-0.39, 0.29) is 10.8 Å². The van der Waals surface area contributed by atoms with Gasteiger partial charge in [-0.3, -0.25) is 4.79 Å². The summed E-state index contributed by atoms with van der Waals surface area (Å²) < 4.78 is 46.1. The highest BCUT2D eigenvalue weighted by atomic mass is 35.5. The average Bonchev–Trinajstić information content (AvgIpc) is 3.02. The van der Waals surface area contributed by atoms with Crippen LogP contribution in [0.15, 0.2) is 30.5 Å². The van der Waals surface area contributed by atoms with Crippen molar-refractivity contribution in [2.45, 2.75) is 19.7 Å². The molecule has 192 valence electrons. The number of halogens is 4. The van der Waals surface area contributed by atoms with Gasteiger partial charge in [0.25, 0.3) is 5.91 Å². The molecular formula is C23H24ClF3N6O3. The molecule has 0 bridgehead atoms. The van der Waals surface area contributed by atoms with E-state index in [9.17, 15) is 18.0 Å². The summed E-state index contributed by atoms with van der Waals surface area (Å²) in [5.74, 6) is -0.326. The van der Waals surface area contributed by atoms with Gasteiger partial charge in [-0.25, -0.2) is 9.97 Å². The zero-order chi connectivity index (χ0) is 25.9. The SMILES string of the molecule is Cc1nc(N2CCCN(C)CC2)nc2ncc(NC(=O)COc3ccc(OC(F)(F)F)cc3Cl)cc12. The van der Waals surface area contributed by atoms with Crippen molar-refractivity contribution in [3.05, 3.63) is 41.2 Å². The van der Waals surface area contributed by atoms with Gasteiger partial charge >= 0.3 is 6.36 Å². The Labute approximate surface area is 210 Å². The first-order chi connectivity index (χ1) is 17.1. The van der Waals surface area contributed by atoms with Crippen molar-refractivity contribution in [3.8, 4) is 11.5 Å². The molecule has 1 saturated heterocycles. The molecule has 0 saturated carbocycles. The van der Waals surface area contributed by atoms with Crippen LogP contribution in [0.4, 0.5) is 24.8 Å². The fourth-order valence-electron chi connectivity index (χ4n) is 3.74. The lowest BCUT2D eigenvalue weighted by molar-refractivity contribution is -0.274. The smallest absolute Gasteiger partial charge is 0.482 e. The first-order valence-corrected chi connectivity index (χ1v) is 11.5. The largest absolute Gasteiger partial charge is 0.573 e. The van der Waals surface area contributed by atoms with Gasteiger partial charge in [0.2, 0.25) is 5.95 Å². The maximum atomic E-state index is 12.4. The molecule has 1 aromatic carbocycles. The van der Waals surface area contributed by atoms with Gasteiger partial charge in [-0.15, -0.1) is 13.2 Å². The Kier molecular flexibility index (Phi) is 7.65. The number of pyridine rings is 1. The van der Waals surface area contributed by atoms with Crippen LogP contribution in [0.5, 0.6) is 11.5 Å². The van der Waals surface area contributed by atoms with E-state index in [1.54, 1.807) is 6.07 Å². The zero-order valence-electron chi connectivity index (χ0n) is 19.6. The molecule has 1 fully saturated rings. The molecule has 36 heavy (non-hydrogen) atoms. The number of rotatable bonds is 6. The van der Waals surface area contributed by atoms with E-state index in [0.717, 1.165) is 50.4 Å². The van der Waals surface area contributed by atoms with Gasteiger partial charge in [0, 0.05) is 31.1 Å². The summed E-state index contributed by atoms with van der Waals surface area (Å²) in [6, 6.07) is 4.91. The maximum absolute atomic E-state index is 12.4. The Hall–Kier alpha value is -3.38. The van der Waals surface area contributed by atoms with Crippen LogP contribution in [0.1, 0.15) is 12.1 Å². The molecule has 13 heteroatoms. The molecule has 0 spiro atoms. The van der Waals surface area contributed by atoms with Gasteiger partial charge < -0.3 is 24.6 Å². The normalized spacial score (nSPS) is 15.0. The molecule has 4 rings (SSSR count). The molecule has 1 amide bonds. The predicted octanol–water partition coefficient (Wildman–Crippen LogP) is 4.04. The first kappa shape index (κ1) is 25.7. The van der Waals surface area contributed by atoms with Crippen LogP contribution in [0.25, 0.3) is 11.0 Å². The minimum atomic E-state index is -4.84. The van der Waals surface area contributed by atoms with Crippen molar-refractivity contribution < 1.29 is 27.4 Å². The number of hydrogen-bond donors (Lipinski definition) is 1. The van der Waals surface area contributed by atoms with Gasteiger partial charge in [-0.2, -0.15) is 4.98 Å². The molecule has 0 atom stereocenters. The van der Waals surface area contributed by atoms with Crippen molar-refractivity contribution in [3.63, 3.8) is 0 Å². The van der Waals surface area contributed by atoms with Crippen LogP contribution in [0.3, 0.4) is 0 Å². The number of aryl methyl sites for hydroxylation is 1. The van der Waals surface area contributed by atoms with Crippen molar-refractivity contribution in [1.82, 2.24) is 19.9 Å². The number of aromatic nitrogens is 3. The predicted molar refractivity (Wildman–Crippen MR) is 129 cm³/mol. The molecule has 0 unspecified atom stereocenters. The van der Waals surface area contributed by atoms with Crippen molar-refractivity contribution in [1.29, 1.82) is 0 Å². The Morgan fingerprint density at radius 2 is 1.97 bits per heavy atom. The number of hydrogen-bond acceptors (Lipinski definition) is 8. The summed E-state index contributed by atoms with van der Waals surface area (Å²) in [5, 5.41) is 3.24. The molecule has 1 aliphatic heterocycles. The second-order valence-electron chi connectivity index (χ2n) is 8.32. The quantitative estimate of drug-likeness (QED) is 0.516. The standard InChI is InChI=1S/C23H24ClF3N6O3/c1-14-17-10-15(12-28-21(17)31-22(29-14)33-7-3-6-32(2)8-9-33)30-20(34)13-35-19-5-4-16(11-18(19)24)36-23(25,26)27/h4-5,10-12H,3,6-9,13H2,1-2H3,(H,30,34). The Bertz CT molecular complexity index is 1260. The lowest BCUT2D eigenvalue weighted by Crippen LogP contribution is -2.30. The molecule has 0 aliphatic carbocycles. The number of benzene rings is 1. The fourth-order valence-corrected chi connectivity index (χ4v) is 3.96. The zero-order valence-corrected chi connectivity index (χ0v) is 20.4. The number of carbonyl (C=O) groups excluding carboxylic acids is 1. The van der Waals surface area contributed by atoms with Crippen molar-refractivity contribution >= 4 is 40.2 Å². The third-order valence-electron chi connectivity index (χ3n) is 5.51. The maximum Gasteiger partial charge on any atom is 0.573 e. The van der Waals surface area contributed by atoms with Crippen molar-refractivity contribution in [2.24, 2.45) is 0 Å². The van der Waals surface area contributed by atoms with Crippen LogP contribution < -0.4 is 19.7 Å².